The molecule has 1 amide bonds. The molecule has 6 nitrogen and oxygen atoms in total. The minimum atomic E-state index is -0.0600. The summed E-state index contributed by atoms with van der Waals surface area (Å²) in [7, 11) is 0. The fraction of sp³-hybridized carbons (Fsp3) is 0.500. The predicted molar refractivity (Wildman–Crippen MR) is 75.6 cm³/mol. The van der Waals surface area contributed by atoms with Crippen LogP contribution in [0.5, 0.6) is 0 Å². The van der Waals surface area contributed by atoms with E-state index in [0.717, 1.165) is 41.7 Å². The first-order valence-electron chi connectivity index (χ1n) is 6.86. The van der Waals surface area contributed by atoms with Gasteiger partial charge in [-0.25, -0.2) is 9.97 Å². The summed E-state index contributed by atoms with van der Waals surface area (Å²) >= 11 is 0. The first-order chi connectivity index (χ1) is 9.65. The maximum Gasteiger partial charge on any atom is 0.228 e. The molecule has 3 rings (SSSR count). The first kappa shape index (κ1) is 13.1. The predicted octanol–water partition coefficient (Wildman–Crippen LogP) is 2.08. The monoisotopic (exact) mass is 274 g/mol. The number of nitrogens with zero attached hydrogens (tertiary/aromatic N) is 2. The molecule has 1 aliphatic heterocycles. The van der Waals surface area contributed by atoms with Crippen molar-refractivity contribution < 1.29 is 9.53 Å². The Kier molecular flexibility index (Phi) is 3.40. The Bertz CT molecular complexity index is 644. The number of aromatic nitrogens is 3. The van der Waals surface area contributed by atoms with Gasteiger partial charge in [0.1, 0.15) is 17.8 Å². The zero-order chi connectivity index (χ0) is 14.1. The Morgan fingerprint density at radius 1 is 1.50 bits per heavy atom. The molecule has 2 aromatic rings. The molecule has 0 aromatic carbocycles. The lowest BCUT2D eigenvalue weighted by Gasteiger charge is -2.10. The van der Waals surface area contributed by atoms with Crippen molar-refractivity contribution in [2.75, 3.05) is 11.9 Å². The average molecular weight is 274 g/mol. The molecule has 0 radical (unpaired) electrons. The van der Waals surface area contributed by atoms with Crippen LogP contribution in [0.4, 0.5) is 5.82 Å². The van der Waals surface area contributed by atoms with Gasteiger partial charge in [0.15, 0.2) is 0 Å². The Morgan fingerprint density at radius 2 is 2.35 bits per heavy atom. The number of aryl methyl sites for hydroxylation is 2. The van der Waals surface area contributed by atoms with Crippen molar-refractivity contribution in [1.29, 1.82) is 0 Å². The second-order valence-corrected chi connectivity index (χ2v) is 5.21. The lowest BCUT2D eigenvalue weighted by molar-refractivity contribution is -0.118. The summed E-state index contributed by atoms with van der Waals surface area (Å²) in [5.74, 6) is 0.509. The van der Waals surface area contributed by atoms with Gasteiger partial charge >= 0.3 is 0 Å². The highest BCUT2D eigenvalue weighted by Gasteiger charge is 2.20. The van der Waals surface area contributed by atoms with Crippen molar-refractivity contribution in [1.82, 2.24) is 15.0 Å². The maximum absolute atomic E-state index is 12.1. The number of hydrogen-bond donors (Lipinski definition) is 2. The number of rotatable bonds is 3. The van der Waals surface area contributed by atoms with Gasteiger partial charge in [0.05, 0.1) is 17.9 Å². The van der Waals surface area contributed by atoms with Crippen molar-refractivity contribution in [3.63, 3.8) is 0 Å². The van der Waals surface area contributed by atoms with E-state index in [1.807, 2.05) is 13.8 Å². The average Bonchev–Trinajstić information content (AvgIpc) is 3.00. The molecule has 1 aliphatic rings. The van der Waals surface area contributed by atoms with Crippen molar-refractivity contribution in [3.05, 3.63) is 17.6 Å². The van der Waals surface area contributed by atoms with Gasteiger partial charge < -0.3 is 15.0 Å². The molecule has 0 spiro atoms. The third kappa shape index (κ3) is 2.38. The van der Waals surface area contributed by atoms with Crippen LogP contribution in [0.2, 0.25) is 0 Å². The van der Waals surface area contributed by atoms with Gasteiger partial charge in [0.25, 0.3) is 0 Å². The van der Waals surface area contributed by atoms with Gasteiger partial charge in [-0.15, -0.1) is 0 Å². The fourth-order valence-electron chi connectivity index (χ4n) is 2.58. The Hall–Kier alpha value is -1.95. The number of fused-ring (bicyclic) bond motifs is 1. The van der Waals surface area contributed by atoms with E-state index in [1.54, 1.807) is 0 Å². The smallest absolute Gasteiger partial charge is 0.228 e. The number of ether oxygens (including phenoxy) is 1. The second-order valence-electron chi connectivity index (χ2n) is 5.21. The molecular weight excluding hydrogens is 256 g/mol. The molecule has 6 heteroatoms. The highest BCUT2D eigenvalue weighted by Crippen LogP contribution is 2.25. The molecule has 1 saturated heterocycles. The van der Waals surface area contributed by atoms with Gasteiger partial charge in [-0.3, -0.25) is 4.79 Å². The number of carbonyl (C=O) groups is 1. The summed E-state index contributed by atoms with van der Waals surface area (Å²) in [5, 5.41) is 3.76. The van der Waals surface area contributed by atoms with Crippen molar-refractivity contribution in [2.45, 2.75) is 39.2 Å². The molecule has 20 heavy (non-hydrogen) atoms. The fourth-order valence-corrected chi connectivity index (χ4v) is 2.58. The van der Waals surface area contributed by atoms with E-state index in [4.69, 9.17) is 4.74 Å². The molecule has 0 bridgehead atoms. The van der Waals surface area contributed by atoms with Gasteiger partial charge in [0.2, 0.25) is 5.91 Å². The summed E-state index contributed by atoms with van der Waals surface area (Å²) in [4.78, 5) is 23.6. The minimum Gasteiger partial charge on any atom is -0.378 e. The first-order valence-corrected chi connectivity index (χ1v) is 6.86. The van der Waals surface area contributed by atoms with Crippen LogP contribution < -0.4 is 5.32 Å². The van der Waals surface area contributed by atoms with Gasteiger partial charge in [0, 0.05) is 12.3 Å². The van der Waals surface area contributed by atoms with Crippen LogP contribution in [-0.4, -0.2) is 33.6 Å². The largest absolute Gasteiger partial charge is 0.378 e. The third-order valence-electron chi connectivity index (χ3n) is 3.79. The highest BCUT2D eigenvalue weighted by atomic mass is 16.5. The van der Waals surface area contributed by atoms with Crippen molar-refractivity contribution >= 4 is 22.8 Å². The Morgan fingerprint density at radius 3 is 3.10 bits per heavy atom. The van der Waals surface area contributed by atoms with Crippen molar-refractivity contribution in [2.24, 2.45) is 0 Å². The minimum absolute atomic E-state index is 0.0429. The normalized spacial score (nSPS) is 18.6. The van der Waals surface area contributed by atoms with Crippen LogP contribution in [0.25, 0.3) is 11.0 Å². The standard InChI is InChI=1S/C14H18N4O2/c1-8-9(2)17-13-12(8)14(16-7-15-13)18-11(19)6-10-4-3-5-20-10/h7,10H,3-6H2,1-2H3,(H2,15,16,17,18,19). The molecule has 1 fully saturated rings. The number of aromatic amines is 1. The van der Waals surface area contributed by atoms with Crippen LogP contribution in [-0.2, 0) is 9.53 Å². The molecule has 1 unspecified atom stereocenters. The van der Waals surface area contributed by atoms with Gasteiger partial charge in [-0.05, 0) is 32.3 Å². The number of anilines is 1. The molecule has 1 atom stereocenters. The van der Waals surface area contributed by atoms with E-state index in [9.17, 15) is 4.79 Å². The van der Waals surface area contributed by atoms with E-state index in [2.05, 4.69) is 20.3 Å². The Labute approximate surface area is 117 Å². The molecular formula is C14H18N4O2. The highest BCUT2D eigenvalue weighted by molar-refractivity contribution is 6.00. The third-order valence-corrected chi connectivity index (χ3v) is 3.79. The van der Waals surface area contributed by atoms with E-state index in [-0.39, 0.29) is 12.0 Å². The quantitative estimate of drug-likeness (QED) is 0.898. The van der Waals surface area contributed by atoms with Crippen LogP contribution in [0, 0.1) is 13.8 Å². The van der Waals surface area contributed by atoms with E-state index >= 15 is 0 Å². The summed E-state index contributed by atoms with van der Waals surface area (Å²) in [6.07, 6.45) is 3.87. The lowest BCUT2D eigenvalue weighted by atomic mass is 10.1. The van der Waals surface area contributed by atoms with Crippen LogP contribution >= 0.6 is 0 Å². The Balaban J connectivity index is 1.81. The summed E-state index contributed by atoms with van der Waals surface area (Å²) < 4.78 is 5.48. The van der Waals surface area contributed by atoms with Crippen LogP contribution in [0.15, 0.2) is 6.33 Å². The molecule has 2 aromatic heterocycles. The number of carbonyl (C=O) groups excluding carboxylic acids is 1. The zero-order valence-electron chi connectivity index (χ0n) is 11.7. The van der Waals surface area contributed by atoms with E-state index in [1.165, 1.54) is 6.33 Å². The SMILES string of the molecule is Cc1[nH]c2ncnc(NC(=O)CC3CCCO3)c2c1C. The van der Waals surface area contributed by atoms with E-state index in [0.29, 0.717) is 12.2 Å². The van der Waals surface area contributed by atoms with Crippen molar-refractivity contribution in [3.8, 4) is 0 Å². The number of nitrogens with one attached hydrogen (secondary N) is 2. The van der Waals surface area contributed by atoms with Gasteiger partial charge in [-0.2, -0.15) is 0 Å². The maximum atomic E-state index is 12.1. The molecule has 106 valence electrons. The topological polar surface area (TPSA) is 79.9 Å². The number of amides is 1. The zero-order valence-corrected chi connectivity index (χ0v) is 11.7. The lowest BCUT2D eigenvalue weighted by Crippen LogP contribution is -2.20. The molecule has 3 heterocycles. The number of hydrogen-bond acceptors (Lipinski definition) is 4. The van der Waals surface area contributed by atoms with Crippen LogP contribution in [0.3, 0.4) is 0 Å². The van der Waals surface area contributed by atoms with Gasteiger partial charge in [-0.1, -0.05) is 0 Å². The van der Waals surface area contributed by atoms with E-state index < -0.39 is 0 Å². The molecule has 2 N–H and O–H groups in total. The summed E-state index contributed by atoms with van der Waals surface area (Å²) in [6.45, 7) is 4.73. The molecule has 0 aliphatic carbocycles. The second kappa shape index (κ2) is 5.20. The van der Waals surface area contributed by atoms with Crippen LogP contribution in [0.1, 0.15) is 30.5 Å². The summed E-state index contributed by atoms with van der Waals surface area (Å²) in [6, 6.07) is 0. The number of H-pyrrole nitrogens is 1. The summed E-state index contributed by atoms with van der Waals surface area (Å²) in [5.41, 5.74) is 2.85. The molecule has 0 saturated carbocycles.